The van der Waals surface area contributed by atoms with E-state index in [4.69, 9.17) is 19.4 Å². The zero-order valence-corrected chi connectivity index (χ0v) is 16.9. The van der Waals surface area contributed by atoms with Gasteiger partial charge in [-0.1, -0.05) is 12.1 Å². The van der Waals surface area contributed by atoms with E-state index in [0.717, 1.165) is 17.1 Å². The summed E-state index contributed by atoms with van der Waals surface area (Å²) >= 11 is 0. The summed E-state index contributed by atoms with van der Waals surface area (Å²) in [6.45, 7) is 0.647. The summed E-state index contributed by atoms with van der Waals surface area (Å²) in [5.74, 6) is 1.47. The first-order chi connectivity index (χ1) is 13.3. The number of carbonyl (C=O) groups is 1. The predicted molar refractivity (Wildman–Crippen MR) is 104 cm³/mol. The van der Waals surface area contributed by atoms with E-state index in [1.165, 1.54) is 4.31 Å². The Bertz CT molecular complexity index is 881. The SMILES string of the molecule is COc1cccc(-c2nccn2[C@@H]2COC[C@H]2CS(=O)(=O)N(C)C)c1.O=CO. The van der Waals surface area contributed by atoms with Crippen molar-refractivity contribution in [3.63, 3.8) is 0 Å². The molecule has 1 aromatic heterocycles. The highest BCUT2D eigenvalue weighted by Gasteiger charge is 2.35. The molecule has 1 fully saturated rings. The molecule has 2 heterocycles. The highest BCUT2D eigenvalue weighted by molar-refractivity contribution is 7.89. The second kappa shape index (κ2) is 9.67. The van der Waals surface area contributed by atoms with Crippen molar-refractivity contribution in [2.75, 3.05) is 40.2 Å². The van der Waals surface area contributed by atoms with Crippen molar-refractivity contribution in [3.8, 4) is 17.1 Å². The molecule has 10 heteroatoms. The molecule has 0 unspecified atom stereocenters. The molecular weight excluding hydrogens is 386 g/mol. The van der Waals surface area contributed by atoms with Gasteiger partial charge in [-0.3, -0.25) is 4.79 Å². The van der Waals surface area contributed by atoms with E-state index in [2.05, 4.69) is 4.98 Å². The number of imidazole rings is 1. The lowest BCUT2D eigenvalue weighted by Gasteiger charge is -2.22. The van der Waals surface area contributed by atoms with Gasteiger partial charge in [0.2, 0.25) is 10.0 Å². The normalized spacial score (nSPS) is 19.1. The summed E-state index contributed by atoms with van der Waals surface area (Å²) in [6, 6.07) is 7.59. The van der Waals surface area contributed by atoms with Gasteiger partial charge >= 0.3 is 0 Å². The Balaban J connectivity index is 0.000000878. The molecule has 1 N–H and O–H groups in total. The number of ether oxygens (including phenoxy) is 2. The Labute approximate surface area is 164 Å². The molecule has 28 heavy (non-hydrogen) atoms. The smallest absolute Gasteiger partial charge is 0.290 e. The third-order valence-electron chi connectivity index (χ3n) is 4.50. The summed E-state index contributed by atoms with van der Waals surface area (Å²) in [7, 11) is 1.44. The summed E-state index contributed by atoms with van der Waals surface area (Å²) in [4.78, 5) is 12.8. The largest absolute Gasteiger partial charge is 0.497 e. The van der Waals surface area contributed by atoms with E-state index >= 15 is 0 Å². The fourth-order valence-corrected chi connectivity index (χ4v) is 4.20. The van der Waals surface area contributed by atoms with E-state index in [1.807, 2.05) is 35.0 Å². The highest BCUT2D eigenvalue weighted by atomic mass is 32.2. The number of carboxylic acid groups (broad SMARTS) is 1. The summed E-state index contributed by atoms with van der Waals surface area (Å²) < 4.78 is 38.7. The molecule has 0 saturated carbocycles. The Morgan fingerprint density at radius 3 is 2.75 bits per heavy atom. The molecule has 2 atom stereocenters. The van der Waals surface area contributed by atoms with Crippen LogP contribution in [0.5, 0.6) is 5.75 Å². The van der Waals surface area contributed by atoms with E-state index in [0.29, 0.717) is 13.2 Å². The average molecular weight is 411 g/mol. The first kappa shape index (κ1) is 21.9. The third kappa shape index (κ3) is 5.09. The van der Waals surface area contributed by atoms with Gasteiger partial charge in [-0.25, -0.2) is 17.7 Å². The molecule has 2 aromatic rings. The molecule has 3 rings (SSSR count). The van der Waals surface area contributed by atoms with Crippen LogP contribution >= 0.6 is 0 Å². The molecule has 1 saturated heterocycles. The second-order valence-corrected chi connectivity index (χ2v) is 8.65. The van der Waals surface area contributed by atoms with E-state index in [1.54, 1.807) is 27.4 Å². The van der Waals surface area contributed by atoms with Crippen LogP contribution in [0.15, 0.2) is 36.7 Å². The monoisotopic (exact) mass is 411 g/mol. The fraction of sp³-hybridized carbons (Fsp3) is 0.444. The van der Waals surface area contributed by atoms with Crippen LogP contribution in [0.3, 0.4) is 0 Å². The van der Waals surface area contributed by atoms with Gasteiger partial charge in [-0.2, -0.15) is 0 Å². The molecule has 0 aliphatic carbocycles. The number of nitrogens with zero attached hydrogens (tertiary/aromatic N) is 3. The number of benzene rings is 1. The maximum Gasteiger partial charge on any atom is 0.290 e. The molecule has 1 aromatic carbocycles. The maximum absolute atomic E-state index is 12.3. The topological polar surface area (TPSA) is 111 Å². The van der Waals surface area contributed by atoms with Crippen molar-refractivity contribution >= 4 is 16.5 Å². The van der Waals surface area contributed by atoms with Gasteiger partial charge in [0.05, 0.1) is 32.1 Å². The quantitative estimate of drug-likeness (QED) is 0.714. The Morgan fingerprint density at radius 1 is 1.39 bits per heavy atom. The lowest BCUT2D eigenvalue weighted by Crippen LogP contribution is -2.32. The minimum atomic E-state index is -3.29. The van der Waals surface area contributed by atoms with Crippen molar-refractivity contribution in [1.29, 1.82) is 0 Å². The van der Waals surface area contributed by atoms with E-state index < -0.39 is 10.0 Å². The first-order valence-corrected chi connectivity index (χ1v) is 10.2. The maximum atomic E-state index is 12.3. The van der Waals surface area contributed by atoms with E-state index in [9.17, 15) is 8.42 Å². The minimum absolute atomic E-state index is 0.0559. The Hall–Kier alpha value is -2.43. The first-order valence-electron chi connectivity index (χ1n) is 8.57. The number of rotatable bonds is 6. The van der Waals surface area contributed by atoms with Crippen LogP contribution < -0.4 is 4.74 Å². The minimum Gasteiger partial charge on any atom is -0.497 e. The van der Waals surface area contributed by atoms with Crippen LogP contribution in [-0.4, -0.2) is 74.0 Å². The van der Waals surface area contributed by atoms with Crippen LogP contribution in [0.2, 0.25) is 0 Å². The van der Waals surface area contributed by atoms with Gasteiger partial charge in [-0.15, -0.1) is 0 Å². The predicted octanol–water partition coefficient (Wildman–Crippen LogP) is 1.34. The summed E-state index contributed by atoms with van der Waals surface area (Å²) in [5.41, 5.74) is 0.922. The van der Waals surface area contributed by atoms with Crippen molar-refractivity contribution in [3.05, 3.63) is 36.7 Å². The van der Waals surface area contributed by atoms with Gasteiger partial charge in [0, 0.05) is 38.0 Å². The second-order valence-electron chi connectivity index (χ2n) is 6.42. The lowest BCUT2D eigenvalue weighted by molar-refractivity contribution is -0.122. The molecule has 0 spiro atoms. The fourth-order valence-electron chi connectivity index (χ4n) is 3.04. The van der Waals surface area contributed by atoms with Gasteiger partial charge in [0.25, 0.3) is 6.47 Å². The van der Waals surface area contributed by atoms with Gasteiger partial charge in [0.1, 0.15) is 11.6 Å². The lowest BCUT2D eigenvalue weighted by atomic mass is 10.1. The standard InChI is InChI=1S/C17H23N3O4S.CH2O2/c1-19(2)25(21,22)12-14-10-24-11-16(14)20-8-7-18-17(20)13-5-4-6-15(9-13)23-3;2-1-3/h4-9,14,16H,10-12H2,1-3H3;1H,(H,2,3)/t14-,16+;/m0./s1. The molecular formula is C18H25N3O6S. The van der Waals surface area contributed by atoms with Gasteiger partial charge in [0.15, 0.2) is 0 Å². The van der Waals surface area contributed by atoms with Crippen LogP contribution in [-0.2, 0) is 19.6 Å². The molecule has 1 aliphatic heterocycles. The van der Waals surface area contributed by atoms with Crippen LogP contribution in [0.1, 0.15) is 6.04 Å². The van der Waals surface area contributed by atoms with Crippen LogP contribution in [0.4, 0.5) is 0 Å². The van der Waals surface area contributed by atoms with Crippen molar-refractivity contribution in [2.45, 2.75) is 6.04 Å². The van der Waals surface area contributed by atoms with Gasteiger partial charge in [-0.05, 0) is 12.1 Å². The number of methoxy groups -OCH3 is 1. The summed E-state index contributed by atoms with van der Waals surface area (Å²) in [5, 5.41) is 6.89. The zero-order chi connectivity index (χ0) is 20.7. The van der Waals surface area contributed by atoms with Crippen LogP contribution in [0.25, 0.3) is 11.4 Å². The Kier molecular flexibility index (Phi) is 7.55. The van der Waals surface area contributed by atoms with Crippen molar-refractivity contribution in [1.82, 2.24) is 13.9 Å². The number of aromatic nitrogens is 2. The molecule has 0 radical (unpaired) electrons. The highest BCUT2D eigenvalue weighted by Crippen LogP contribution is 2.32. The number of hydrogen-bond acceptors (Lipinski definition) is 6. The molecule has 0 bridgehead atoms. The van der Waals surface area contributed by atoms with Crippen molar-refractivity contribution in [2.24, 2.45) is 5.92 Å². The molecule has 1 aliphatic rings. The number of hydrogen-bond donors (Lipinski definition) is 1. The summed E-state index contributed by atoms with van der Waals surface area (Å²) in [6.07, 6.45) is 3.61. The van der Waals surface area contributed by atoms with Crippen LogP contribution in [0, 0.1) is 5.92 Å². The number of sulfonamides is 1. The van der Waals surface area contributed by atoms with E-state index in [-0.39, 0.29) is 24.2 Å². The van der Waals surface area contributed by atoms with Crippen molar-refractivity contribution < 1.29 is 27.8 Å². The Morgan fingerprint density at radius 2 is 2.11 bits per heavy atom. The molecule has 154 valence electrons. The molecule has 0 amide bonds. The zero-order valence-electron chi connectivity index (χ0n) is 16.1. The third-order valence-corrected chi connectivity index (χ3v) is 6.46. The van der Waals surface area contributed by atoms with Gasteiger partial charge < -0.3 is 19.1 Å². The average Bonchev–Trinajstić information content (AvgIpc) is 3.30. The molecule has 9 nitrogen and oxygen atoms in total.